The quantitative estimate of drug-likeness (QED) is 0.776. The van der Waals surface area contributed by atoms with Gasteiger partial charge < -0.3 is 15.7 Å². The molecule has 108 valence electrons. The Kier molecular flexibility index (Phi) is 4.16. The molecule has 1 aromatic rings. The average molecular weight is 284 g/mol. The van der Waals surface area contributed by atoms with Crippen molar-refractivity contribution in [3.8, 4) is 0 Å². The lowest BCUT2D eigenvalue weighted by Gasteiger charge is -2.17. The van der Waals surface area contributed by atoms with Gasteiger partial charge in [-0.1, -0.05) is 6.07 Å². The molecule has 0 spiro atoms. The largest absolute Gasteiger partial charge is 0.481 e. The number of benzene rings is 1. The van der Waals surface area contributed by atoms with E-state index < -0.39 is 35.4 Å². The van der Waals surface area contributed by atoms with E-state index in [1.165, 1.54) is 6.07 Å². The maximum Gasteiger partial charge on any atom is 0.319 e. The lowest BCUT2D eigenvalue weighted by Crippen LogP contribution is -2.41. The summed E-state index contributed by atoms with van der Waals surface area (Å²) in [7, 11) is 0. The van der Waals surface area contributed by atoms with Crippen LogP contribution >= 0.6 is 0 Å². The van der Waals surface area contributed by atoms with E-state index in [2.05, 4.69) is 10.6 Å². The highest BCUT2D eigenvalue weighted by Crippen LogP contribution is 2.34. The molecule has 2 rings (SSSR count). The van der Waals surface area contributed by atoms with Crippen molar-refractivity contribution in [1.82, 2.24) is 5.32 Å². The van der Waals surface area contributed by atoms with Crippen LogP contribution in [0.1, 0.15) is 19.3 Å². The topological polar surface area (TPSA) is 78.4 Å². The summed E-state index contributed by atoms with van der Waals surface area (Å²) in [4.78, 5) is 22.4. The third kappa shape index (κ3) is 3.66. The van der Waals surface area contributed by atoms with Crippen LogP contribution in [-0.4, -0.2) is 23.1 Å². The molecule has 0 saturated heterocycles. The number of amides is 2. The van der Waals surface area contributed by atoms with Crippen LogP contribution in [0.4, 0.5) is 19.3 Å². The molecule has 1 aromatic carbocycles. The summed E-state index contributed by atoms with van der Waals surface area (Å²) in [6.45, 7) is 0. The van der Waals surface area contributed by atoms with E-state index in [4.69, 9.17) is 5.11 Å². The molecular weight excluding hydrogens is 270 g/mol. The summed E-state index contributed by atoms with van der Waals surface area (Å²) >= 11 is 0. The van der Waals surface area contributed by atoms with Crippen molar-refractivity contribution in [3.63, 3.8) is 0 Å². The minimum atomic E-state index is -1.03. The second kappa shape index (κ2) is 5.85. The number of aliphatic carboxylic acids is 1. The summed E-state index contributed by atoms with van der Waals surface area (Å²) in [5.74, 6) is -2.69. The van der Waals surface area contributed by atoms with Crippen molar-refractivity contribution in [1.29, 1.82) is 0 Å². The van der Waals surface area contributed by atoms with Gasteiger partial charge in [-0.3, -0.25) is 4.79 Å². The Labute approximate surface area is 114 Å². The molecule has 20 heavy (non-hydrogen) atoms. The van der Waals surface area contributed by atoms with E-state index in [0.717, 1.165) is 25.0 Å². The highest BCUT2D eigenvalue weighted by atomic mass is 19.1. The Morgan fingerprint density at radius 2 is 1.90 bits per heavy atom. The number of carbonyl (C=O) groups excluding carboxylic acids is 1. The van der Waals surface area contributed by atoms with E-state index in [9.17, 15) is 18.4 Å². The fraction of sp³-hybridized carbons (Fsp3) is 0.385. The summed E-state index contributed by atoms with van der Waals surface area (Å²) in [5, 5.41) is 13.3. The number of hydrogen-bond donors (Lipinski definition) is 3. The molecule has 0 aliphatic heterocycles. The number of carbonyl (C=O) groups is 2. The fourth-order valence-electron chi connectivity index (χ4n) is 1.96. The first-order chi connectivity index (χ1) is 9.47. The van der Waals surface area contributed by atoms with Gasteiger partial charge in [0.15, 0.2) is 0 Å². The third-order valence-electron chi connectivity index (χ3n) is 3.10. The molecule has 1 unspecified atom stereocenters. The van der Waals surface area contributed by atoms with Crippen LogP contribution in [-0.2, 0) is 4.79 Å². The first-order valence-corrected chi connectivity index (χ1v) is 6.20. The molecule has 0 radical (unpaired) electrons. The minimum absolute atomic E-state index is 0.113. The molecule has 1 aliphatic rings. The standard InChI is InChI=1S/C13H14F2N2O3/c14-8-2-1-3-9(15)12(8)17-13(20)16-10(6-11(18)19)7-4-5-7/h1-3,7,10H,4-6H2,(H,18,19)(H2,16,17,20). The van der Waals surface area contributed by atoms with Crippen molar-refractivity contribution in [2.24, 2.45) is 5.92 Å². The van der Waals surface area contributed by atoms with E-state index >= 15 is 0 Å². The molecular formula is C13H14F2N2O3. The van der Waals surface area contributed by atoms with Crippen LogP contribution in [0.3, 0.4) is 0 Å². The van der Waals surface area contributed by atoms with Crippen molar-refractivity contribution < 1.29 is 23.5 Å². The predicted molar refractivity (Wildman–Crippen MR) is 67.3 cm³/mol. The van der Waals surface area contributed by atoms with Crippen LogP contribution in [0.2, 0.25) is 0 Å². The van der Waals surface area contributed by atoms with Gasteiger partial charge >= 0.3 is 12.0 Å². The maximum atomic E-state index is 13.4. The first kappa shape index (κ1) is 14.2. The number of halogens is 2. The molecule has 1 aliphatic carbocycles. The second-order valence-corrected chi connectivity index (χ2v) is 4.74. The van der Waals surface area contributed by atoms with Crippen molar-refractivity contribution in [2.75, 3.05) is 5.32 Å². The third-order valence-corrected chi connectivity index (χ3v) is 3.10. The average Bonchev–Trinajstić information content (AvgIpc) is 3.17. The van der Waals surface area contributed by atoms with Gasteiger partial charge in [0, 0.05) is 6.04 Å². The highest BCUT2D eigenvalue weighted by molar-refractivity contribution is 5.90. The monoisotopic (exact) mass is 284 g/mol. The van der Waals surface area contributed by atoms with Crippen molar-refractivity contribution in [2.45, 2.75) is 25.3 Å². The molecule has 2 amide bonds. The summed E-state index contributed by atoms with van der Waals surface area (Å²) in [6.07, 6.45) is 1.47. The number of para-hydroxylation sites is 1. The number of anilines is 1. The zero-order chi connectivity index (χ0) is 14.7. The zero-order valence-corrected chi connectivity index (χ0v) is 10.5. The maximum absolute atomic E-state index is 13.4. The van der Waals surface area contributed by atoms with Gasteiger partial charge in [0.2, 0.25) is 0 Å². The number of nitrogens with one attached hydrogen (secondary N) is 2. The Bertz CT molecular complexity index is 512. The minimum Gasteiger partial charge on any atom is -0.481 e. The van der Waals surface area contributed by atoms with Crippen LogP contribution < -0.4 is 10.6 Å². The Hall–Kier alpha value is -2.18. The molecule has 5 nitrogen and oxygen atoms in total. The van der Waals surface area contributed by atoms with Gasteiger partial charge in [0.05, 0.1) is 6.42 Å². The fourth-order valence-corrected chi connectivity index (χ4v) is 1.96. The molecule has 0 heterocycles. The van der Waals surface area contributed by atoms with Crippen LogP contribution in [0.5, 0.6) is 0 Å². The van der Waals surface area contributed by atoms with Gasteiger partial charge in [0.25, 0.3) is 0 Å². The summed E-state index contributed by atoms with van der Waals surface area (Å²) in [6, 6.07) is 1.89. The molecule has 0 bridgehead atoms. The van der Waals surface area contributed by atoms with E-state index in [0.29, 0.717) is 0 Å². The predicted octanol–water partition coefficient (Wildman–Crippen LogP) is 2.34. The lowest BCUT2D eigenvalue weighted by atomic mass is 10.1. The number of hydrogen-bond acceptors (Lipinski definition) is 2. The number of carboxylic acid groups (broad SMARTS) is 1. The van der Waals surface area contributed by atoms with E-state index in [-0.39, 0.29) is 12.3 Å². The van der Waals surface area contributed by atoms with Gasteiger partial charge in [-0.05, 0) is 30.9 Å². The smallest absolute Gasteiger partial charge is 0.319 e. The van der Waals surface area contributed by atoms with Gasteiger partial charge in [-0.2, -0.15) is 0 Å². The van der Waals surface area contributed by atoms with Crippen LogP contribution in [0.15, 0.2) is 18.2 Å². The Balaban J connectivity index is 1.99. The lowest BCUT2D eigenvalue weighted by molar-refractivity contribution is -0.137. The van der Waals surface area contributed by atoms with Crippen LogP contribution in [0, 0.1) is 17.6 Å². The second-order valence-electron chi connectivity index (χ2n) is 4.74. The highest BCUT2D eigenvalue weighted by Gasteiger charge is 2.33. The van der Waals surface area contributed by atoms with Gasteiger partial charge in [0.1, 0.15) is 17.3 Å². The van der Waals surface area contributed by atoms with E-state index in [1.807, 2.05) is 0 Å². The zero-order valence-electron chi connectivity index (χ0n) is 10.5. The van der Waals surface area contributed by atoms with Gasteiger partial charge in [-0.25, -0.2) is 13.6 Å². The number of carboxylic acids is 1. The van der Waals surface area contributed by atoms with Gasteiger partial charge in [-0.15, -0.1) is 0 Å². The molecule has 1 fully saturated rings. The molecule has 0 aromatic heterocycles. The Morgan fingerprint density at radius 1 is 1.30 bits per heavy atom. The number of urea groups is 1. The SMILES string of the molecule is O=C(O)CC(NC(=O)Nc1c(F)cccc1F)C1CC1. The van der Waals surface area contributed by atoms with E-state index in [1.54, 1.807) is 0 Å². The molecule has 1 atom stereocenters. The van der Waals surface area contributed by atoms with Crippen LogP contribution in [0.25, 0.3) is 0 Å². The van der Waals surface area contributed by atoms with Crippen molar-refractivity contribution >= 4 is 17.7 Å². The molecule has 1 saturated carbocycles. The first-order valence-electron chi connectivity index (χ1n) is 6.20. The normalized spacial score (nSPS) is 15.5. The number of rotatable bonds is 5. The Morgan fingerprint density at radius 3 is 2.40 bits per heavy atom. The molecule has 3 N–H and O–H groups in total. The van der Waals surface area contributed by atoms with Crippen molar-refractivity contribution in [3.05, 3.63) is 29.8 Å². The summed E-state index contributed by atoms with van der Waals surface area (Å²) in [5.41, 5.74) is -0.546. The molecule has 7 heteroatoms. The summed E-state index contributed by atoms with van der Waals surface area (Å²) < 4.78 is 26.7.